The second kappa shape index (κ2) is 17.3. The molecule has 3 heteroatoms. The molecule has 0 radical (unpaired) electrons. The minimum Gasteiger partial charge on any atom is -0.399 e. The van der Waals surface area contributed by atoms with Gasteiger partial charge in [0.15, 0.2) is 0 Å². The Morgan fingerprint density at radius 3 is 2.11 bits per heavy atom. The summed E-state index contributed by atoms with van der Waals surface area (Å²) in [6, 6.07) is 14.2. The van der Waals surface area contributed by atoms with Crippen molar-refractivity contribution in [2.24, 2.45) is 5.92 Å². The Kier molecular flexibility index (Phi) is 15.7. The molecule has 1 saturated heterocycles. The van der Waals surface area contributed by atoms with Crippen molar-refractivity contribution in [3.05, 3.63) is 108 Å². The molecule has 1 atom stereocenters. The molecule has 1 unspecified atom stereocenters. The van der Waals surface area contributed by atoms with Crippen LogP contribution >= 0.6 is 0 Å². The zero-order valence-electron chi connectivity index (χ0n) is 23.4. The van der Waals surface area contributed by atoms with Crippen LogP contribution in [0.3, 0.4) is 0 Å². The highest BCUT2D eigenvalue weighted by atomic mass is 14.9. The molecule has 1 fully saturated rings. The van der Waals surface area contributed by atoms with Crippen molar-refractivity contribution in [2.75, 3.05) is 5.73 Å². The number of piperidine rings is 1. The molecule has 0 bridgehead atoms. The van der Waals surface area contributed by atoms with E-state index in [9.17, 15) is 0 Å². The van der Waals surface area contributed by atoms with Crippen LogP contribution < -0.4 is 16.4 Å². The van der Waals surface area contributed by atoms with Gasteiger partial charge in [0.1, 0.15) is 0 Å². The Balaban J connectivity index is 0.000000515. The molecule has 2 aromatic carbocycles. The fourth-order valence-electron chi connectivity index (χ4n) is 3.43. The van der Waals surface area contributed by atoms with E-state index in [0.29, 0.717) is 5.92 Å². The van der Waals surface area contributed by atoms with Crippen molar-refractivity contribution in [3.8, 4) is 0 Å². The van der Waals surface area contributed by atoms with E-state index < -0.39 is 0 Å². The van der Waals surface area contributed by atoms with Crippen molar-refractivity contribution in [3.63, 3.8) is 0 Å². The average Bonchev–Trinajstić information content (AvgIpc) is 2.84. The number of allylic oxidation sites excluding steroid dienone is 4. The van der Waals surface area contributed by atoms with Gasteiger partial charge in [0.05, 0.1) is 0 Å². The van der Waals surface area contributed by atoms with Crippen molar-refractivity contribution in [2.45, 2.75) is 74.3 Å². The summed E-state index contributed by atoms with van der Waals surface area (Å²) in [7, 11) is 0. The van der Waals surface area contributed by atoms with E-state index in [1.54, 1.807) is 0 Å². The van der Waals surface area contributed by atoms with E-state index >= 15 is 0 Å². The summed E-state index contributed by atoms with van der Waals surface area (Å²) in [5.74, 6) is 0.621. The molecule has 3 rings (SSSR count). The Morgan fingerprint density at radius 2 is 1.69 bits per heavy atom. The Morgan fingerprint density at radius 1 is 1.06 bits per heavy atom. The number of hydrogen-bond acceptors (Lipinski definition) is 3. The first kappa shape index (κ1) is 31.8. The zero-order chi connectivity index (χ0) is 27.0. The number of rotatable bonds is 5. The van der Waals surface area contributed by atoms with Crippen LogP contribution in [0.25, 0.3) is 5.57 Å². The van der Waals surface area contributed by atoms with Gasteiger partial charge in [0, 0.05) is 29.3 Å². The van der Waals surface area contributed by atoms with Crippen LogP contribution in [0.1, 0.15) is 76.6 Å². The normalized spacial score (nSPS) is 14.0. The third-order valence-corrected chi connectivity index (χ3v) is 5.67. The second-order valence-electron chi connectivity index (χ2n) is 8.76. The van der Waals surface area contributed by atoms with E-state index in [4.69, 9.17) is 5.73 Å². The zero-order valence-corrected chi connectivity index (χ0v) is 23.4. The van der Waals surface area contributed by atoms with E-state index in [1.807, 2.05) is 52.0 Å². The maximum atomic E-state index is 5.52. The Labute approximate surface area is 215 Å². The largest absolute Gasteiger partial charge is 0.399 e. The van der Waals surface area contributed by atoms with Gasteiger partial charge in [-0.1, -0.05) is 96.0 Å². The van der Waals surface area contributed by atoms with Gasteiger partial charge in [0.2, 0.25) is 0 Å². The molecule has 4 N–H and O–H groups in total. The van der Waals surface area contributed by atoms with Crippen LogP contribution in [0.5, 0.6) is 0 Å². The molecule has 0 saturated carbocycles. The third kappa shape index (κ3) is 12.2. The van der Waals surface area contributed by atoms with E-state index in [2.05, 4.69) is 75.9 Å². The van der Waals surface area contributed by atoms with E-state index in [0.717, 1.165) is 53.3 Å². The first-order valence-electron chi connectivity index (χ1n) is 12.7. The van der Waals surface area contributed by atoms with Crippen molar-refractivity contribution in [1.29, 1.82) is 0 Å². The number of nitrogens with one attached hydrogen (secondary N) is 2. The standard InChI is InChI=1S/C15H21N.C8H13N.C7H9N.C2H6/c1-6-14-13(10-16-12(4)5)8-7-9-15(14)11(2)3;1-6-4-5-7(2)9-8(6)3;1-6-4-2-3-5-7(6)8;1-2/h7-9,16H,2,4,6,10H2,1,3,5H3;6,9H,2-5H2,1H3;2-5H,8H2,1H3;1-2H3. The van der Waals surface area contributed by atoms with Gasteiger partial charge in [-0.3, -0.25) is 0 Å². The fraction of sp³-hybridized carbons (Fsp3) is 0.375. The molecule has 192 valence electrons. The van der Waals surface area contributed by atoms with Crippen LogP contribution in [0.4, 0.5) is 5.69 Å². The first-order valence-corrected chi connectivity index (χ1v) is 12.7. The summed E-state index contributed by atoms with van der Waals surface area (Å²) in [4.78, 5) is 0. The maximum absolute atomic E-state index is 5.52. The predicted molar refractivity (Wildman–Crippen MR) is 159 cm³/mol. The Bertz CT molecular complexity index is 948. The number of hydrogen-bond donors (Lipinski definition) is 3. The molecule has 35 heavy (non-hydrogen) atoms. The van der Waals surface area contributed by atoms with Crippen LogP contribution in [0.2, 0.25) is 0 Å². The molecular weight excluding hydrogens is 426 g/mol. The number of aryl methyl sites for hydroxylation is 1. The number of nitrogen functional groups attached to an aromatic ring is 1. The minimum absolute atomic E-state index is 0.621. The van der Waals surface area contributed by atoms with Crippen LogP contribution in [-0.4, -0.2) is 0 Å². The molecule has 1 aliphatic heterocycles. The van der Waals surface area contributed by atoms with Gasteiger partial charge in [-0.15, -0.1) is 0 Å². The Hall–Kier alpha value is -3.20. The van der Waals surface area contributed by atoms with E-state index in [-0.39, 0.29) is 0 Å². The smallest absolute Gasteiger partial charge is 0.0400 e. The number of anilines is 1. The van der Waals surface area contributed by atoms with Gasteiger partial charge in [0.25, 0.3) is 0 Å². The summed E-state index contributed by atoms with van der Waals surface area (Å²) >= 11 is 0. The highest BCUT2D eigenvalue weighted by Crippen LogP contribution is 2.22. The lowest BCUT2D eigenvalue weighted by molar-refractivity contribution is 0.524. The summed E-state index contributed by atoms with van der Waals surface area (Å²) in [6.45, 7) is 30.8. The highest BCUT2D eigenvalue weighted by Gasteiger charge is 2.12. The van der Waals surface area contributed by atoms with Gasteiger partial charge in [-0.05, 0) is 74.3 Å². The number of para-hydroxylation sites is 1. The lowest BCUT2D eigenvalue weighted by atomic mass is 9.95. The first-order chi connectivity index (χ1) is 16.6. The average molecular weight is 476 g/mol. The maximum Gasteiger partial charge on any atom is 0.0400 e. The van der Waals surface area contributed by atoms with Crippen molar-refractivity contribution < 1.29 is 0 Å². The summed E-state index contributed by atoms with van der Waals surface area (Å²) in [5.41, 5.74) is 15.9. The molecule has 0 aliphatic carbocycles. The van der Waals surface area contributed by atoms with Gasteiger partial charge in [-0.25, -0.2) is 0 Å². The summed E-state index contributed by atoms with van der Waals surface area (Å²) < 4.78 is 0. The fourth-order valence-corrected chi connectivity index (χ4v) is 3.43. The predicted octanol–water partition coefficient (Wildman–Crippen LogP) is 8.54. The van der Waals surface area contributed by atoms with Gasteiger partial charge < -0.3 is 16.4 Å². The minimum atomic E-state index is 0.621. The van der Waals surface area contributed by atoms with Crippen molar-refractivity contribution in [1.82, 2.24) is 10.6 Å². The van der Waals surface area contributed by atoms with E-state index in [1.165, 1.54) is 23.1 Å². The molecule has 1 aliphatic rings. The second-order valence-corrected chi connectivity index (χ2v) is 8.76. The number of nitrogens with two attached hydrogens (primary N) is 1. The molecule has 1 heterocycles. The van der Waals surface area contributed by atoms with Gasteiger partial charge >= 0.3 is 0 Å². The molecule has 2 aromatic rings. The lowest BCUT2D eigenvalue weighted by Gasteiger charge is -2.24. The SMILES string of the molecule is C=C(C)NCc1cccc(C(=C)C)c1CC.C=C1CCC(C)C(=C)N1.CC.Cc1ccccc1N. The van der Waals surface area contributed by atoms with Crippen LogP contribution in [0, 0.1) is 12.8 Å². The van der Waals surface area contributed by atoms with Crippen LogP contribution in [0.15, 0.2) is 85.9 Å². The molecule has 0 aromatic heterocycles. The monoisotopic (exact) mass is 475 g/mol. The number of benzene rings is 2. The topological polar surface area (TPSA) is 50.1 Å². The van der Waals surface area contributed by atoms with Crippen molar-refractivity contribution >= 4 is 11.3 Å². The lowest BCUT2D eigenvalue weighted by Crippen LogP contribution is -2.22. The highest BCUT2D eigenvalue weighted by molar-refractivity contribution is 5.65. The summed E-state index contributed by atoms with van der Waals surface area (Å²) in [5, 5.41) is 6.42. The molecule has 0 spiro atoms. The third-order valence-electron chi connectivity index (χ3n) is 5.67. The molecular formula is C32H49N3. The summed E-state index contributed by atoms with van der Waals surface area (Å²) in [6.07, 6.45) is 3.33. The quantitative estimate of drug-likeness (QED) is 0.380. The van der Waals surface area contributed by atoms with Crippen LogP contribution in [-0.2, 0) is 13.0 Å². The molecule has 3 nitrogen and oxygen atoms in total. The molecule has 0 amide bonds. The van der Waals surface area contributed by atoms with Gasteiger partial charge in [-0.2, -0.15) is 0 Å².